The van der Waals surface area contributed by atoms with Crippen LogP contribution in [0.2, 0.25) is 5.28 Å². The van der Waals surface area contributed by atoms with Crippen LogP contribution in [0.15, 0.2) is 6.33 Å². The van der Waals surface area contributed by atoms with Crippen LogP contribution in [0.5, 0.6) is 0 Å². The van der Waals surface area contributed by atoms with Crippen molar-refractivity contribution in [2.45, 2.75) is 19.8 Å². The molecule has 0 unspecified atom stereocenters. The third-order valence-corrected chi connectivity index (χ3v) is 1.26. The van der Waals surface area contributed by atoms with E-state index in [0.29, 0.717) is 5.92 Å². The van der Waals surface area contributed by atoms with E-state index in [2.05, 4.69) is 15.0 Å². The van der Waals surface area contributed by atoms with Crippen molar-refractivity contribution in [2.24, 2.45) is 0 Å². The molecule has 10 heavy (non-hydrogen) atoms. The average Bonchev–Trinajstić information content (AvgIpc) is 1.88. The summed E-state index contributed by atoms with van der Waals surface area (Å²) in [6.07, 6.45) is 1.42. The largest absolute Gasteiger partial charge is 0.225 e. The Morgan fingerprint density at radius 3 is 2.50 bits per heavy atom. The molecule has 0 N–H and O–H groups in total. The van der Waals surface area contributed by atoms with Crippen molar-refractivity contribution in [3.8, 4) is 0 Å². The Morgan fingerprint density at radius 1 is 1.40 bits per heavy atom. The maximum absolute atomic E-state index is 5.53. The van der Waals surface area contributed by atoms with Crippen LogP contribution in [0.1, 0.15) is 25.6 Å². The monoisotopic (exact) mass is 157 g/mol. The molecule has 0 aliphatic carbocycles. The van der Waals surface area contributed by atoms with Crippen LogP contribution in [0.4, 0.5) is 0 Å². The summed E-state index contributed by atoms with van der Waals surface area (Å²) in [7, 11) is 0. The number of hydrogen-bond donors (Lipinski definition) is 0. The Hall–Kier alpha value is -0.700. The first kappa shape index (κ1) is 7.41. The van der Waals surface area contributed by atoms with E-state index in [4.69, 9.17) is 11.6 Å². The highest BCUT2D eigenvalue weighted by Gasteiger charge is 2.01. The standard InChI is InChI=1S/C6H8ClN3/c1-4(2)5-8-3-9-6(7)10-5/h3-4H,1-2H3. The fourth-order valence-electron chi connectivity index (χ4n) is 0.566. The Bertz CT molecular complexity index is 224. The van der Waals surface area contributed by atoms with Crippen LogP contribution in [0, 0.1) is 0 Å². The summed E-state index contributed by atoms with van der Waals surface area (Å²) in [6.45, 7) is 4.01. The lowest BCUT2D eigenvalue weighted by Crippen LogP contribution is -1.97. The maximum Gasteiger partial charge on any atom is 0.225 e. The molecule has 0 amide bonds. The lowest BCUT2D eigenvalue weighted by Gasteiger charge is -1.99. The van der Waals surface area contributed by atoms with Gasteiger partial charge in [0.1, 0.15) is 12.2 Å². The zero-order chi connectivity index (χ0) is 7.56. The van der Waals surface area contributed by atoms with Crippen LogP contribution >= 0.6 is 11.6 Å². The molecule has 0 fully saturated rings. The predicted octanol–water partition coefficient (Wildman–Crippen LogP) is 1.65. The van der Waals surface area contributed by atoms with Gasteiger partial charge in [0.25, 0.3) is 0 Å². The highest BCUT2D eigenvalue weighted by Crippen LogP contribution is 2.08. The maximum atomic E-state index is 5.53. The molecule has 4 heteroatoms. The van der Waals surface area contributed by atoms with Gasteiger partial charge in [-0.25, -0.2) is 15.0 Å². The second-order valence-electron chi connectivity index (χ2n) is 2.27. The highest BCUT2D eigenvalue weighted by molar-refractivity contribution is 6.28. The summed E-state index contributed by atoms with van der Waals surface area (Å²) in [5.41, 5.74) is 0. The van der Waals surface area contributed by atoms with Gasteiger partial charge in [0.15, 0.2) is 0 Å². The van der Waals surface area contributed by atoms with Crippen LogP contribution in [0.25, 0.3) is 0 Å². The molecule has 0 aliphatic heterocycles. The van der Waals surface area contributed by atoms with Crippen molar-refractivity contribution in [2.75, 3.05) is 0 Å². The van der Waals surface area contributed by atoms with Gasteiger partial charge in [0.05, 0.1) is 0 Å². The Labute approximate surface area is 64.5 Å². The van der Waals surface area contributed by atoms with E-state index < -0.39 is 0 Å². The van der Waals surface area contributed by atoms with Crippen molar-refractivity contribution in [3.05, 3.63) is 17.4 Å². The molecule has 1 aromatic heterocycles. The van der Waals surface area contributed by atoms with Gasteiger partial charge in [0.2, 0.25) is 5.28 Å². The molecule has 54 valence electrons. The van der Waals surface area contributed by atoms with Gasteiger partial charge in [-0.05, 0) is 11.6 Å². The summed E-state index contributed by atoms with van der Waals surface area (Å²) in [4.78, 5) is 11.5. The number of halogens is 1. The molecule has 3 nitrogen and oxygen atoms in total. The molecule has 0 spiro atoms. The molecule has 1 aromatic rings. The predicted molar refractivity (Wildman–Crippen MR) is 38.9 cm³/mol. The van der Waals surface area contributed by atoms with Crippen molar-refractivity contribution in [1.82, 2.24) is 15.0 Å². The van der Waals surface area contributed by atoms with Crippen molar-refractivity contribution in [3.63, 3.8) is 0 Å². The molecule has 0 saturated carbocycles. The first-order valence-electron chi connectivity index (χ1n) is 3.04. The van der Waals surface area contributed by atoms with Gasteiger partial charge in [0, 0.05) is 5.92 Å². The first-order valence-corrected chi connectivity index (χ1v) is 3.42. The molecule has 0 saturated heterocycles. The van der Waals surface area contributed by atoms with Crippen LogP contribution in [0.3, 0.4) is 0 Å². The number of aromatic nitrogens is 3. The Morgan fingerprint density at radius 2 is 2.10 bits per heavy atom. The molecule has 0 atom stereocenters. The molecule has 1 heterocycles. The van der Waals surface area contributed by atoms with Gasteiger partial charge in [-0.3, -0.25) is 0 Å². The minimum atomic E-state index is 0.263. The van der Waals surface area contributed by atoms with Crippen LogP contribution in [-0.4, -0.2) is 15.0 Å². The third-order valence-electron chi connectivity index (χ3n) is 1.08. The first-order chi connectivity index (χ1) is 4.70. The zero-order valence-corrected chi connectivity index (χ0v) is 6.63. The zero-order valence-electron chi connectivity index (χ0n) is 5.87. The second kappa shape index (κ2) is 2.92. The number of hydrogen-bond acceptors (Lipinski definition) is 3. The lowest BCUT2D eigenvalue weighted by atomic mass is 10.2. The van der Waals surface area contributed by atoms with E-state index >= 15 is 0 Å². The molecule has 0 aromatic carbocycles. The minimum Gasteiger partial charge on any atom is -0.221 e. The Balaban J connectivity index is 2.96. The molecule has 0 aliphatic rings. The summed E-state index contributed by atoms with van der Waals surface area (Å²) in [6, 6.07) is 0. The fourth-order valence-corrected chi connectivity index (χ4v) is 0.696. The van der Waals surface area contributed by atoms with E-state index in [1.165, 1.54) is 6.33 Å². The van der Waals surface area contributed by atoms with E-state index in [1.54, 1.807) is 0 Å². The summed E-state index contributed by atoms with van der Waals surface area (Å²) >= 11 is 5.53. The van der Waals surface area contributed by atoms with Gasteiger partial charge < -0.3 is 0 Å². The normalized spacial score (nSPS) is 10.4. The lowest BCUT2D eigenvalue weighted by molar-refractivity contribution is 0.759. The minimum absolute atomic E-state index is 0.263. The van der Waals surface area contributed by atoms with Crippen molar-refractivity contribution >= 4 is 11.6 Å². The third kappa shape index (κ3) is 1.64. The van der Waals surface area contributed by atoms with Gasteiger partial charge in [-0.1, -0.05) is 13.8 Å². The Kier molecular flexibility index (Phi) is 2.17. The van der Waals surface area contributed by atoms with E-state index in [0.717, 1.165) is 5.82 Å². The van der Waals surface area contributed by atoms with Crippen molar-refractivity contribution in [1.29, 1.82) is 0 Å². The van der Waals surface area contributed by atoms with E-state index in [9.17, 15) is 0 Å². The quantitative estimate of drug-likeness (QED) is 0.622. The smallest absolute Gasteiger partial charge is 0.221 e. The summed E-state index contributed by atoms with van der Waals surface area (Å²) in [5, 5.41) is 0.263. The molecule has 0 bridgehead atoms. The molecule has 0 radical (unpaired) electrons. The van der Waals surface area contributed by atoms with Crippen molar-refractivity contribution < 1.29 is 0 Å². The van der Waals surface area contributed by atoms with Gasteiger partial charge >= 0.3 is 0 Å². The summed E-state index contributed by atoms with van der Waals surface area (Å²) < 4.78 is 0. The molecular weight excluding hydrogens is 150 g/mol. The van der Waals surface area contributed by atoms with Crippen LogP contribution in [-0.2, 0) is 0 Å². The van der Waals surface area contributed by atoms with E-state index in [1.807, 2.05) is 13.8 Å². The van der Waals surface area contributed by atoms with Gasteiger partial charge in [-0.15, -0.1) is 0 Å². The van der Waals surface area contributed by atoms with E-state index in [-0.39, 0.29) is 5.28 Å². The molecular formula is C6H8ClN3. The summed E-state index contributed by atoms with van der Waals surface area (Å²) in [5.74, 6) is 1.04. The second-order valence-corrected chi connectivity index (χ2v) is 2.61. The highest BCUT2D eigenvalue weighted by atomic mass is 35.5. The van der Waals surface area contributed by atoms with Crippen LogP contribution < -0.4 is 0 Å². The fraction of sp³-hybridized carbons (Fsp3) is 0.500. The SMILES string of the molecule is CC(C)c1ncnc(Cl)n1. The average molecular weight is 158 g/mol. The van der Waals surface area contributed by atoms with Gasteiger partial charge in [-0.2, -0.15) is 0 Å². The molecule has 1 rings (SSSR count). The topological polar surface area (TPSA) is 38.7 Å². The number of nitrogens with zero attached hydrogens (tertiary/aromatic N) is 3. The number of rotatable bonds is 1.